The molecule has 1 heterocycles. The summed E-state index contributed by atoms with van der Waals surface area (Å²) in [6, 6.07) is 0. The molecule has 0 saturated carbocycles. The van der Waals surface area contributed by atoms with Crippen molar-refractivity contribution in [2.75, 3.05) is 7.11 Å². The van der Waals surface area contributed by atoms with Crippen LogP contribution in [0.2, 0.25) is 0 Å². The lowest BCUT2D eigenvalue weighted by Crippen LogP contribution is -2.29. The Hall–Kier alpha value is -0.570. The molecule has 1 rings (SSSR count). The molecule has 0 atom stereocenters. The molecule has 3 nitrogen and oxygen atoms in total. The number of nitrogens with zero attached hydrogens (tertiary/aromatic N) is 1. The van der Waals surface area contributed by atoms with Crippen LogP contribution in [0.5, 0.6) is 0 Å². The molecular formula is C9H17NO2. The molecule has 0 amide bonds. The third-order valence-electron chi connectivity index (χ3n) is 2.02. The molecule has 0 radical (unpaired) electrons. The molecule has 1 aliphatic rings. The normalized spacial score (nSPS) is 29.2. The fraction of sp³-hybridized carbons (Fsp3) is 0.889. The first-order valence-corrected chi connectivity index (χ1v) is 4.18. The molecule has 0 aromatic heterocycles. The van der Waals surface area contributed by atoms with Crippen molar-refractivity contribution in [1.82, 2.24) is 0 Å². The second kappa shape index (κ2) is 2.73. The zero-order valence-corrected chi connectivity index (χ0v) is 8.47. The molecule has 0 spiro atoms. The molecule has 1 aliphatic heterocycles. The van der Waals surface area contributed by atoms with Crippen LogP contribution >= 0.6 is 0 Å². The average Bonchev–Trinajstić information content (AvgIpc) is 2.01. The van der Waals surface area contributed by atoms with Crippen molar-refractivity contribution in [3.8, 4) is 0 Å². The van der Waals surface area contributed by atoms with Gasteiger partial charge in [0.2, 0.25) is 0 Å². The molecule has 1 fully saturated rings. The lowest BCUT2D eigenvalue weighted by molar-refractivity contribution is -0.0519. The SMILES string of the molecule is CON=C1CC(C)(C)OC1(C)C. The zero-order chi connectivity index (χ0) is 9.41. The van der Waals surface area contributed by atoms with Gasteiger partial charge < -0.3 is 9.57 Å². The van der Waals surface area contributed by atoms with E-state index in [4.69, 9.17) is 9.57 Å². The molecule has 0 aromatic carbocycles. The van der Waals surface area contributed by atoms with Crippen molar-refractivity contribution in [3.63, 3.8) is 0 Å². The Bertz CT molecular complexity index is 207. The minimum atomic E-state index is -0.278. The zero-order valence-electron chi connectivity index (χ0n) is 8.47. The Morgan fingerprint density at radius 1 is 1.33 bits per heavy atom. The Morgan fingerprint density at radius 3 is 2.25 bits per heavy atom. The fourth-order valence-electron chi connectivity index (χ4n) is 1.65. The maximum Gasteiger partial charge on any atom is 0.106 e. The number of oxime groups is 1. The highest BCUT2D eigenvalue weighted by atomic mass is 16.6. The van der Waals surface area contributed by atoms with Gasteiger partial charge in [0, 0.05) is 6.42 Å². The van der Waals surface area contributed by atoms with Gasteiger partial charge in [0.1, 0.15) is 12.7 Å². The lowest BCUT2D eigenvalue weighted by Gasteiger charge is -2.22. The van der Waals surface area contributed by atoms with Gasteiger partial charge >= 0.3 is 0 Å². The minimum absolute atomic E-state index is 0.110. The van der Waals surface area contributed by atoms with Crippen LogP contribution in [0.25, 0.3) is 0 Å². The Kier molecular flexibility index (Phi) is 2.17. The van der Waals surface area contributed by atoms with E-state index in [-0.39, 0.29) is 11.2 Å². The second-order valence-electron chi connectivity index (χ2n) is 4.27. The topological polar surface area (TPSA) is 30.8 Å². The predicted octanol–water partition coefficient (Wildman–Crippen LogP) is 1.97. The van der Waals surface area contributed by atoms with Crippen LogP contribution in [0.1, 0.15) is 34.1 Å². The van der Waals surface area contributed by atoms with E-state index in [1.54, 1.807) is 7.11 Å². The largest absolute Gasteiger partial charge is 0.399 e. The van der Waals surface area contributed by atoms with E-state index in [1.165, 1.54) is 0 Å². The van der Waals surface area contributed by atoms with Gasteiger partial charge in [-0.2, -0.15) is 0 Å². The van der Waals surface area contributed by atoms with Crippen molar-refractivity contribution < 1.29 is 9.57 Å². The number of hydrogen-bond donors (Lipinski definition) is 0. The van der Waals surface area contributed by atoms with Gasteiger partial charge in [-0.1, -0.05) is 5.16 Å². The average molecular weight is 171 g/mol. The van der Waals surface area contributed by atoms with Crippen LogP contribution in [0.3, 0.4) is 0 Å². The van der Waals surface area contributed by atoms with E-state index >= 15 is 0 Å². The van der Waals surface area contributed by atoms with Gasteiger partial charge in [0.15, 0.2) is 0 Å². The van der Waals surface area contributed by atoms with E-state index in [0.29, 0.717) is 0 Å². The molecule has 0 unspecified atom stereocenters. The fourth-order valence-corrected chi connectivity index (χ4v) is 1.65. The summed E-state index contributed by atoms with van der Waals surface area (Å²) in [5.74, 6) is 0. The number of ether oxygens (including phenoxy) is 1. The van der Waals surface area contributed by atoms with Gasteiger partial charge in [0.05, 0.1) is 11.3 Å². The molecule has 0 bridgehead atoms. The Labute approximate surface area is 73.7 Å². The van der Waals surface area contributed by atoms with Gasteiger partial charge in [-0.05, 0) is 27.7 Å². The summed E-state index contributed by atoms with van der Waals surface area (Å²) in [6.45, 7) is 8.15. The summed E-state index contributed by atoms with van der Waals surface area (Å²) in [5, 5.41) is 3.96. The molecule has 1 saturated heterocycles. The van der Waals surface area contributed by atoms with Gasteiger partial charge in [-0.3, -0.25) is 0 Å². The van der Waals surface area contributed by atoms with E-state index in [2.05, 4.69) is 19.0 Å². The van der Waals surface area contributed by atoms with Crippen molar-refractivity contribution >= 4 is 5.71 Å². The van der Waals surface area contributed by atoms with E-state index in [9.17, 15) is 0 Å². The van der Waals surface area contributed by atoms with Crippen molar-refractivity contribution in [2.24, 2.45) is 5.16 Å². The van der Waals surface area contributed by atoms with Gasteiger partial charge in [-0.25, -0.2) is 0 Å². The number of hydrogen-bond acceptors (Lipinski definition) is 3. The van der Waals surface area contributed by atoms with E-state index in [0.717, 1.165) is 12.1 Å². The summed E-state index contributed by atoms with van der Waals surface area (Å²) in [4.78, 5) is 4.76. The summed E-state index contributed by atoms with van der Waals surface area (Å²) in [7, 11) is 1.56. The third kappa shape index (κ3) is 1.78. The third-order valence-corrected chi connectivity index (χ3v) is 2.02. The minimum Gasteiger partial charge on any atom is -0.399 e. The summed E-state index contributed by atoms with van der Waals surface area (Å²) >= 11 is 0. The van der Waals surface area contributed by atoms with E-state index < -0.39 is 0 Å². The lowest BCUT2D eigenvalue weighted by atomic mass is 9.98. The molecule has 0 aromatic rings. The van der Waals surface area contributed by atoms with Crippen molar-refractivity contribution in [1.29, 1.82) is 0 Å². The molecule has 0 N–H and O–H groups in total. The van der Waals surface area contributed by atoms with Crippen LogP contribution in [0.15, 0.2) is 5.16 Å². The molecular weight excluding hydrogens is 154 g/mol. The first kappa shape index (κ1) is 9.52. The van der Waals surface area contributed by atoms with Crippen LogP contribution in [-0.4, -0.2) is 24.0 Å². The first-order valence-electron chi connectivity index (χ1n) is 4.18. The van der Waals surface area contributed by atoms with Crippen LogP contribution < -0.4 is 0 Å². The summed E-state index contributed by atoms with van der Waals surface area (Å²) in [5.41, 5.74) is 0.593. The summed E-state index contributed by atoms with van der Waals surface area (Å²) in [6.07, 6.45) is 0.841. The first-order chi connectivity index (χ1) is 5.37. The van der Waals surface area contributed by atoms with Gasteiger partial charge in [-0.15, -0.1) is 0 Å². The predicted molar refractivity (Wildman–Crippen MR) is 48.3 cm³/mol. The smallest absolute Gasteiger partial charge is 0.106 e. The Morgan fingerprint density at radius 2 is 1.92 bits per heavy atom. The molecule has 3 heteroatoms. The summed E-state index contributed by atoms with van der Waals surface area (Å²) < 4.78 is 5.79. The molecule has 70 valence electrons. The quantitative estimate of drug-likeness (QED) is 0.565. The highest BCUT2D eigenvalue weighted by Crippen LogP contribution is 2.34. The Balaban J connectivity index is 2.85. The monoisotopic (exact) mass is 171 g/mol. The van der Waals surface area contributed by atoms with Crippen molar-refractivity contribution in [3.05, 3.63) is 0 Å². The van der Waals surface area contributed by atoms with Crippen molar-refractivity contribution in [2.45, 2.75) is 45.3 Å². The maximum atomic E-state index is 5.79. The number of rotatable bonds is 1. The highest BCUT2D eigenvalue weighted by molar-refractivity contribution is 5.94. The van der Waals surface area contributed by atoms with Crippen LogP contribution in [0.4, 0.5) is 0 Å². The highest BCUT2D eigenvalue weighted by Gasteiger charge is 2.43. The van der Waals surface area contributed by atoms with Gasteiger partial charge in [0.25, 0.3) is 0 Å². The molecule has 0 aliphatic carbocycles. The van der Waals surface area contributed by atoms with Crippen LogP contribution in [-0.2, 0) is 9.57 Å². The molecule has 12 heavy (non-hydrogen) atoms. The van der Waals surface area contributed by atoms with Crippen LogP contribution in [0, 0.1) is 0 Å². The van der Waals surface area contributed by atoms with E-state index in [1.807, 2.05) is 13.8 Å². The second-order valence-corrected chi connectivity index (χ2v) is 4.27. The standard InChI is InChI=1S/C9H17NO2/c1-8(2)6-7(10-11-5)9(3,4)12-8/h6H2,1-5H3. The maximum absolute atomic E-state index is 5.79.